The summed E-state index contributed by atoms with van der Waals surface area (Å²) in [4.78, 5) is 15.9. The van der Waals surface area contributed by atoms with Crippen LogP contribution in [-0.4, -0.2) is 74.9 Å². The topological polar surface area (TPSA) is 42.0 Å². The maximum Gasteiger partial charge on any atom is 0.236 e. The molecule has 2 aliphatic rings. The van der Waals surface area contributed by atoms with Crippen molar-refractivity contribution in [1.29, 1.82) is 0 Å². The maximum absolute atomic E-state index is 11.9. The van der Waals surface area contributed by atoms with Crippen molar-refractivity contribution in [1.82, 2.24) is 9.80 Å². The summed E-state index contributed by atoms with van der Waals surface area (Å²) in [5.41, 5.74) is 0. The molecule has 0 unspecified atom stereocenters. The predicted molar refractivity (Wildman–Crippen MR) is 54.7 cm³/mol. The molecule has 2 rings (SSSR count). The van der Waals surface area contributed by atoms with Crippen molar-refractivity contribution >= 4 is 5.91 Å². The Morgan fingerprint density at radius 2 is 1.47 bits per heavy atom. The molecule has 0 spiro atoms. The van der Waals surface area contributed by atoms with Gasteiger partial charge in [0.15, 0.2) is 0 Å². The average molecular weight is 214 g/mol. The number of rotatable bonds is 2. The van der Waals surface area contributed by atoms with Gasteiger partial charge in [-0.15, -0.1) is 0 Å². The monoisotopic (exact) mass is 214 g/mol. The van der Waals surface area contributed by atoms with Crippen LogP contribution < -0.4 is 0 Å². The molecule has 0 radical (unpaired) electrons. The lowest BCUT2D eigenvalue weighted by Crippen LogP contribution is -2.48. The van der Waals surface area contributed by atoms with Gasteiger partial charge in [0.25, 0.3) is 0 Å². The Kier molecular flexibility index (Phi) is 3.94. The molecule has 2 fully saturated rings. The van der Waals surface area contributed by atoms with Crippen LogP contribution in [0.4, 0.5) is 0 Å². The Bertz CT molecular complexity index is 211. The molecule has 1 amide bonds. The van der Waals surface area contributed by atoms with Gasteiger partial charge in [-0.3, -0.25) is 9.69 Å². The fourth-order valence-electron chi connectivity index (χ4n) is 1.86. The van der Waals surface area contributed by atoms with Gasteiger partial charge in [-0.2, -0.15) is 0 Å². The lowest BCUT2D eigenvalue weighted by atomic mass is 10.3. The molecule has 0 aromatic carbocycles. The van der Waals surface area contributed by atoms with Crippen LogP contribution in [-0.2, 0) is 14.3 Å². The summed E-state index contributed by atoms with van der Waals surface area (Å²) < 4.78 is 10.5. The van der Waals surface area contributed by atoms with Crippen molar-refractivity contribution in [3.05, 3.63) is 0 Å². The van der Waals surface area contributed by atoms with E-state index in [-0.39, 0.29) is 5.91 Å². The van der Waals surface area contributed by atoms with E-state index < -0.39 is 0 Å². The van der Waals surface area contributed by atoms with Gasteiger partial charge in [-0.25, -0.2) is 0 Å². The van der Waals surface area contributed by atoms with E-state index in [1.807, 2.05) is 4.90 Å². The Balaban J connectivity index is 1.74. The van der Waals surface area contributed by atoms with Crippen LogP contribution in [0.5, 0.6) is 0 Å². The lowest BCUT2D eigenvalue weighted by Gasteiger charge is -2.31. The normalized spacial score (nSPS) is 24.1. The first-order valence-corrected chi connectivity index (χ1v) is 5.52. The fraction of sp³-hybridized carbons (Fsp3) is 0.900. The summed E-state index contributed by atoms with van der Waals surface area (Å²) in [6.07, 6.45) is 0. The molecule has 2 heterocycles. The zero-order chi connectivity index (χ0) is 10.5. The molecule has 15 heavy (non-hydrogen) atoms. The Labute approximate surface area is 89.9 Å². The zero-order valence-electron chi connectivity index (χ0n) is 8.98. The van der Waals surface area contributed by atoms with Crippen molar-refractivity contribution < 1.29 is 14.3 Å². The highest BCUT2D eigenvalue weighted by Crippen LogP contribution is 2.01. The van der Waals surface area contributed by atoms with Gasteiger partial charge < -0.3 is 14.4 Å². The van der Waals surface area contributed by atoms with Crippen molar-refractivity contribution in [2.75, 3.05) is 59.2 Å². The minimum absolute atomic E-state index is 0.222. The van der Waals surface area contributed by atoms with E-state index in [9.17, 15) is 4.79 Å². The number of hydrogen-bond acceptors (Lipinski definition) is 4. The summed E-state index contributed by atoms with van der Waals surface area (Å²) in [6, 6.07) is 0. The highest BCUT2D eigenvalue weighted by atomic mass is 16.5. The summed E-state index contributed by atoms with van der Waals surface area (Å²) in [7, 11) is 0. The van der Waals surface area contributed by atoms with Gasteiger partial charge in [0, 0.05) is 26.2 Å². The van der Waals surface area contributed by atoms with Crippen LogP contribution in [0.2, 0.25) is 0 Å². The van der Waals surface area contributed by atoms with E-state index >= 15 is 0 Å². The quantitative estimate of drug-likeness (QED) is 0.602. The Morgan fingerprint density at radius 1 is 0.933 bits per heavy atom. The number of carbonyl (C=O) groups is 1. The number of amides is 1. The van der Waals surface area contributed by atoms with E-state index in [1.165, 1.54) is 0 Å². The third-order valence-electron chi connectivity index (χ3n) is 2.83. The van der Waals surface area contributed by atoms with Crippen molar-refractivity contribution in [2.45, 2.75) is 0 Å². The number of ether oxygens (including phenoxy) is 2. The Hall–Kier alpha value is -0.650. The molecule has 2 aliphatic heterocycles. The van der Waals surface area contributed by atoms with Gasteiger partial charge in [-0.05, 0) is 0 Å². The molecular formula is C10H18N2O3. The SMILES string of the molecule is O=C(CN1CCOCC1)N1CCOCC1. The molecule has 86 valence electrons. The first-order chi connectivity index (χ1) is 7.36. The highest BCUT2D eigenvalue weighted by molar-refractivity contribution is 5.78. The molecule has 0 atom stereocenters. The lowest BCUT2D eigenvalue weighted by molar-refractivity contribution is -0.137. The summed E-state index contributed by atoms with van der Waals surface area (Å²) in [5, 5.41) is 0. The minimum atomic E-state index is 0.222. The van der Waals surface area contributed by atoms with Gasteiger partial charge in [0.2, 0.25) is 5.91 Å². The standard InChI is InChI=1S/C10H18N2O3/c13-10(12-3-7-15-8-4-12)9-11-1-5-14-6-2-11/h1-9H2. The smallest absolute Gasteiger partial charge is 0.236 e. The van der Waals surface area contributed by atoms with Crippen LogP contribution in [0.3, 0.4) is 0 Å². The molecule has 0 saturated carbocycles. The van der Waals surface area contributed by atoms with E-state index in [0.717, 1.165) is 39.4 Å². The first-order valence-electron chi connectivity index (χ1n) is 5.52. The molecule has 0 aromatic rings. The van der Waals surface area contributed by atoms with Crippen molar-refractivity contribution in [2.24, 2.45) is 0 Å². The third kappa shape index (κ3) is 3.15. The molecule has 2 saturated heterocycles. The number of nitrogens with zero attached hydrogens (tertiary/aromatic N) is 2. The van der Waals surface area contributed by atoms with Crippen molar-refractivity contribution in [3.8, 4) is 0 Å². The van der Waals surface area contributed by atoms with E-state index in [2.05, 4.69) is 4.90 Å². The summed E-state index contributed by atoms with van der Waals surface area (Å²) in [5.74, 6) is 0.222. The molecule has 0 aromatic heterocycles. The average Bonchev–Trinajstić information content (AvgIpc) is 2.31. The molecular weight excluding hydrogens is 196 g/mol. The second kappa shape index (κ2) is 5.44. The van der Waals surface area contributed by atoms with Crippen LogP contribution in [0.1, 0.15) is 0 Å². The van der Waals surface area contributed by atoms with E-state index in [0.29, 0.717) is 19.8 Å². The van der Waals surface area contributed by atoms with Gasteiger partial charge >= 0.3 is 0 Å². The van der Waals surface area contributed by atoms with Gasteiger partial charge in [-0.1, -0.05) is 0 Å². The number of morpholine rings is 2. The summed E-state index contributed by atoms with van der Waals surface area (Å²) in [6.45, 7) is 6.60. The number of carbonyl (C=O) groups excluding carboxylic acids is 1. The second-order valence-corrected chi connectivity index (χ2v) is 3.88. The van der Waals surface area contributed by atoms with Crippen LogP contribution in [0, 0.1) is 0 Å². The zero-order valence-corrected chi connectivity index (χ0v) is 8.98. The van der Waals surface area contributed by atoms with E-state index in [1.54, 1.807) is 0 Å². The van der Waals surface area contributed by atoms with Crippen LogP contribution in [0.25, 0.3) is 0 Å². The Morgan fingerprint density at radius 3 is 2.07 bits per heavy atom. The molecule has 0 aliphatic carbocycles. The first kappa shape index (κ1) is 10.9. The fourth-order valence-corrected chi connectivity index (χ4v) is 1.86. The van der Waals surface area contributed by atoms with Crippen LogP contribution in [0.15, 0.2) is 0 Å². The molecule has 0 bridgehead atoms. The number of hydrogen-bond donors (Lipinski definition) is 0. The third-order valence-corrected chi connectivity index (χ3v) is 2.83. The van der Waals surface area contributed by atoms with Gasteiger partial charge in [0.1, 0.15) is 0 Å². The predicted octanol–water partition coefficient (Wildman–Crippen LogP) is -0.823. The maximum atomic E-state index is 11.9. The molecule has 5 heteroatoms. The highest BCUT2D eigenvalue weighted by Gasteiger charge is 2.20. The van der Waals surface area contributed by atoms with E-state index in [4.69, 9.17) is 9.47 Å². The summed E-state index contributed by atoms with van der Waals surface area (Å²) >= 11 is 0. The minimum Gasteiger partial charge on any atom is -0.379 e. The second-order valence-electron chi connectivity index (χ2n) is 3.88. The largest absolute Gasteiger partial charge is 0.379 e. The molecule has 0 N–H and O–H groups in total. The van der Waals surface area contributed by atoms with Gasteiger partial charge in [0.05, 0.1) is 33.0 Å². The molecule has 5 nitrogen and oxygen atoms in total. The van der Waals surface area contributed by atoms with Crippen LogP contribution >= 0.6 is 0 Å². The van der Waals surface area contributed by atoms with Crippen molar-refractivity contribution in [3.63, 3.8) is 0 Å².